The van der Waals surface area contributed by atoms with Gasteiger partial charge in [-0.15, -0.1) is 0 Å². The molecule has 156 valence electrons. The fourth-order valence-corrected chi connectivity index (χ4v) is 3.23. The van der Waals surface area contributed by atoms with Crippen LogP contribution < -0.4 is 4.90 Å². The summed E-state index contributed by atoms with van der Waals surface area (Å²) in [7, 11) is 0. The summed E-state index contributed by atoms with van der Waals surface area (Å²) < 4.78 is 85.1. The van der Waals surface area contributed by atoms with E-state index in [1.165, 1.54) is 18.2 Å². The van der Waals surface area contributed by atoms with Crippen molar-refractivity contribution in [2.45, 2.75) is 25.2 Å². The Hall–Kier alpha value is -3.37. The van der Waals surface area contributed by atoms with Gasteiger partial charge in [0, 0.05) is 23.5 Å². The molecule has 11 heteroatoms. The van der Waals surface area contributed by atoms with Crippen molar-refractivity contribution in [1.29, 1.82) is 0 Å². The number of nitrogens with one attached hydrogen (secondary N) is 1. The maximum Gasteiger partial charge on any atom is 0.418 e. The molecule has 0 amide bonds. The number of anilines is 2. The number of fused-ring (bicyclic) bond motifs is 1. The summed E-state index contributed by atoms with van der Waals surface area (Å²) in [5, 5.41) is 6.42. The quantitative estimate of drug-likeness (QED) is 0.604. The first-order valence-corrected chi connectivity index (χ1v) is 8.63. The molecule has 5 nitrogen and oxygen atoms in total. The molecule has 0 spiro atoms. The van der Waals surface area contributed by atoms with Gasteiger partial charge < -0.3 is 0 Å². The molecule has 3 heterocycles. The number of benzene rings is 1. The van der Waals surface area contributed by atoms with Gasteiger partial charge in [-0.25, -0.2) is 4.39 Å². The number of aryl methyl sites for hydroxylation is 1. The SMILES string of the molecule is Cc1cc(N2c3c(cccc3C(F)(F)F)C=NC2C(F)(F)c2ccc(F)cn2)n[nH]1. The maximum atomic E-state index is 15.4. The summed E-state index contributed by atoms with van der Waals surface area (Å²) in [6, 6.07) is 6.20. The molecule has 0 aliphatic carbocycles. The van der Waals surface area contributed by atoms with Crippen LogP contribution in [0.15, 0.2) is 47.6 Å². The van der Waals surface area contributed by atoms with Gasteiger partial charge in [-0.2, -0.15) is 27.1 Å². The van der Waals surface area contributed by atoms with Crippen LogP contribution >= 0.6 is 0 Å². The Kier molecular flexibility index (Phi) is 4.55. The van der Waals surface area contributed by atoms with E-state index in [4.69, 9.17) is 0 Å². The van der Waals surface area contributed by atoms with Crippen molar-refractivity contribution in [3.63, 3.8) is 0 Å². The predicted molar refractivity (Wildman–Crippen MR) is 96.4 cm³/mol. The summed E-state index contributed by atoms with van der Waals surface area (Å²) in [4.78, 5) is 7.97. The Labute approximate surface area is 166 Å². The van der Waals surface area contributed by atoms with E-state index in [0.29, 0.717) is 11.9 Å². The van der Waals surface area contributed by atoms with Gasteiger partial charge in [0.1, 0.15) is 11.5 Å². The average molecular weight is 425 g/mol. The van der Waals surface area contributed by atoms with Crippen LogP contribution in [-0.4, -0.2) is 27.6 Å². The zero-order chi connectivity index (χ0) is 21.7. The Balaban J connectivity index is 1.94. The third kappa shape index (κ3) is 3.29. The van der Waals surface area contributed by atoms with Crippen molar-refractivity contribution in [1.82, 2.24) is 15.2 Å². The molecule has 1 unspecified atom stereocenters. The highest BCUT2D eigenvalue weighted by atomic mass is 19.4. The van der Waals surface area contributed by atoms with Crippen molar-refractivity contribution in [3.05, 3.63) is 70.9 Å². The topological polar surface area (TPSA) is 57.2 Å². The van der Waals surface area contributed by atoms with Crippen LogP contribution in [0.1, 0.15) is 22.5 Å². The maximum absolute atomic E-state index is 15.4. The zero-order valence-corrected chi connectivity index (χ0v) is 15.3. The molecule has 1 aromatic carbocycles. The lowest BCUT2D eigenvalue weighted by Crippen LogP contribution is -2.46. The van der Waals surface area contributed by atoms with E-state index in [9.17, 15) is 17.6 Å². The number of hydrogen-bond donors (Lipinski definition) is 1. The van der Waals surface area contributed by atoms with E-state index in [1.807, 2.05) is 0 Å². The number of rotatable bonds is 3. The monoisotopic (exact) mass is 425 g/mol. The van der Waals surface area contributed by atoms with Crippen LogP contribution in [0.4, 0.5) is 37.8 Å². The Bertz CT molecular complexity index is 1100. The Morgan fingerprint density at radius 3 is 2.43 bits per heavy atom. The van der Waals surface area contributed by atoms with Gasteiger partial charge in [-0.1, -0.05) is 12.1 Å². The lowest BCUT2D eigenvalue weighted by Gasteiger charge is -2.38. The van der Waals surface area contributed by atoms with E-state index in [-0.39, 0.29) is 11.4 Å². The van der Waals surface area contributed by atoms with Gasteiger partial charge in [-0.05, 0) is 25.1 Å². The molecular weight excluding hydrogens is 412 g/mol. The first-order valence-electron chi connectivity index (χ1n) is 8.63. The summed E-state index contributed by atoms with van der Waals surface area (Å²) in [5.41, 5.74) is -1.99. The van der Waals surface area contributed by atoms with Crippen molar-refractivity contribution in [3.8, 4) is 0 Å². The van der Waals surface area contributed by atoms with E-state index in [0.717, 1.165) is 29.3 Å². The second-order valence-electron chi connectivity index (χ2n) is 6.66. The van der Waals surface area contributed by atoms with Crippen molar-refractivity contribution >= 4 is 17.7 Å². The van der Waals surface area contributed by atoms with Gasteiger partial charge >= 0.3 is 12.1 Å². The summed E-state index contributed by atoms with van der Waals surface area (Å²) in [6.07, 6.45) is -5.38. The fraction of sp³-hybridized carbons (Fsp3) is 0.211. The van der Waals surface area contributed by atoms with Crippen LogP contribution in [0, 0.1) is 12.7 Å². The van der Waals surface area contributed by atoms with E-state index < -0.39 is 41.0 Å². The first-order chi connectivity index (χ1) is 14.1. The van der Waals surface area contributed by atoms with Gasteiger partial charge in [0.15, 0.2) is 12.0 Å². The fourth-order valence-electron chi connectivity index (χ4n) is 3.23. The van der Waals surface area contributed by atoms with Crippen LogP contribution in [0.3, 0.4) is 0 Å². The summed E-state index contributed by atoms with van der Waals surface area (Å²) >= 11 is 0. The van der Waals surface area contributed by atoms with Gasteiger partial charge in [-0.3, -0.25) is 20.0 Å². The number of alkyl halides is 5. The normalized spacial score (nSPS) is 16.6. The molecule has 0 bridgehead atoms. The van der Waals surface area contributed by atoms with Gasteiger partial charge in [0.25, 0.3) is 0 Å². The number of halogens is 6. The van der Waals surface area contributed by atoms with Crippen LogP contribution in [0.25, 0.3) is 0 Å². The molecular formula is C19H13F6N5. The molecule has 0 saturated carbocycles. The lowest BCUT2D eigenvalue weighted by molar-refractivity contribution is -0.137. The number of H-pyrrole nitrogens is 1. The molecule has 1 N–H and O–H groups in total. The molecule has 3 aromatic rings. The minimum atomic E-state index is -4.81. The number of para-hydroxylation sites is 1. The Morgan fingerprint density at radius 1 is 1.07 bits per heavy atom. The highest BCUT2D eigenvalue weighted by molar-refractivity contribution is 5.93. The molecule has 0 fully saturated rings. The molecule has 0 saturated heterocycles. The second-order valence-corrected chi connectivity index (χ2v) is 6.66. The van der Waals surface area contributed by atoms with Crippen molar-refractivity contribution in [2.75, 3.05) is 4.90 Å². The van der Waals surface area contributed by atoms with Gasteiger partial charge in [0.05, 0.1) is 17.4 Å². The Morgan fingerprint density at radius 2 is 1.83 bits per heavy atom. The highest BCUT2D eigenvalue weighted by Crippen LogP contribution is 2.47. The first kappa shape index (κ1) is 19.9. The van der Waals surface area contributed by atoms with Crippen molar-refractivity contribution < 1.29 is 26.3 Å². The third-order valence-electron chi connectivity index (χ3n) is 4.55. The van der Waals surface area contributed by atoms with Gasteiger partial charge in [0.2, 0.25) is 0 Å². The minimum absolute atomic E-state index is 0.00425. The van der Waals surface area contributed by atoms with Crippen LogP contribution in [0.2, 0.25) is 0 Å². The lowest BCUT2D eigenvalue weighted by atomic mass is 10.0. The van der Waals surface area contributed by atoms with E-state index in [1.54, 1.807) is 6.92 Å². The number of aromatic nitrogens is 3. The largest absolute Gasteiger partial charge is 0.418 e. The number of aliphatic imine (C=N–C) groups is 1. The molecule has 2 aromatic heterocycles. The standard InChI is InChI=1S/C19H13F6N5/c1-10-7-15(29-28-10)30-16-11(3-2-4-13(16)19(23,24)25)8-27-17(30)18(21,22)14-6-5-12(20)9-26-14/h2-9,17H,1H3,(H,28,29). The molecule has 4 rings (SSSR count). The zero-order valence-electron chi connectivity index (χ0n) is 15.3. The predicted octanol–water partition coefficient (Wildman–Crippen LogP) is 4.96. The minimum Gasteiger partial charge on any atom is -0.295 e. The molecule has 1 aliphatic heterocycles. The molecule has 1 atom stereocenters. The average Bonchev–Trinajstić information content (AvgIpc) is 3.12. The van der Waals surface area contributed by atoms with E-state index >= 15 is 8.78 Å². The summed E-state index contributed by atoms with van der Waals surface area (Å²) in [5.74, 6) is -4.87. The van der Waals surface area contributed by atoms with Crippen molar-refractivity contribution in [2.24, 2.45) is 4.99 Å². The number of nitrogens with zero attached hydrogens (tertiary/aromatic N) is 4. The third-order valence-corrected chi connectivity index (χ3v) is 4.55. The number of pyridine rings is 1. The second kappa shape index (κ2) is 6.85. The molecule has 1 aliphatic rings. The van der Waals surface area contributed by atoms with E-state index in [2.05, 4.69) is 20.2 Å². The smallest absolute Gasteiger partial charge is 0.295 e. The molecule has 30 heavy (non-hydrogen) atoms. The van der Waals surface area contributed by atoms with Crippen LogP contribution in [-0.2, 0) is 12.1 Å². The van der Waals surface area contributed by atoms with Crippen LogP contribution in [0.5, 0.6) is 0 Å². The number of hydrogen-bond acceptors (Lipinski definition) is 4. The molecule has 0 radical (unpaired) electrons. The highest BCUT2D eigenvalue weighted by Gasteiger charge is 2.51. The number of aromatic amines is 1. The summed E-state index contributed by atoms with van der Waals surface area (Å²) in [6.45, 7) is 1.58.